The largest absolute Gasteiger partial charge is 0.349 e. The molecule has 1 amide bonds. The molecule has 2 aromatic carbocycles. The minimum Gasteiger partial charge on any atom is -0.349 e. The Kier molecular flexibility index (Phi) is 6.22. The average molecular weight is 331 g/mol. The number of hydrogen-bond acceptors (Lipinski definition) is 2. The normalized spacial score (nSPS) is 12.0. The third-order valence-electron chi connectivity index (χ3n) is 3.82. The van der Waals surface area contributed by atoms with Gasteiger partial charge in [-0.1, -0.05) is 30.3 Å². The summed E-state index contributed by atoms with van der Waals surface area (Å²) in [5.41, 5.74) is 4.62. The molecule has 0 fully saturated rings. The molecule has 0 bridgehead atoms. The summed E-state index contributed by atoms with van der Waals surface area (Å²) in [5.74, 6) is 0.875. The number of nitrogens with one attached hydrogen (secondary N) is 1. The van der Waals surface area contributed by atoms with Gasteiger partial charge in [0.25, 0.3) is 0 Å². The molecular formula is C19H22FNOS. The van der Waals surface area contributed by atoms with E-state index in [1.54, 1.807) is 12.1 Å². The monoisotopic (exact) mass is 331 g/mol. The maximum atomic E-state index is 12.8. The van der Waals surface area contributed by atoms with E-state index in [4.69, 9.17) is 0 Å². The summed E-state index contributed by atoms with van der Waals surface area (Å²) in [7, 11) is 0. The molecule has 0 radical (unpaired) electrons. The lowest BCUT2D eigenvalue weighted by Crippen LogP contribution is -2.28. The molecule has 2 nitrogen and oxygen atoms in total. The maximum absolute atomic E-state index is 12.8. The van der Waals surface area contributed by atoms with E-state index in [-0.39, 0.29) is 17.8 Å². The van der Waals surface area contributed by atoms with Crippen molar-refractivity contribution in [1.82, 2.24) is 5.32 Å². The lowest BCUT2D eigenvalue weighted by Gasteiger charge is -2.15. The zero-order valence-electron chi connectivity index (χ0n) is 13.7. The predicted molar refractivity (Wildman–Crippen MR) is 95.0 cm³/mol. The highest BCUT2D eigenvalue weighted by Gasteiger charge is 2.10. The topological polar surface area (TPSA) is 29.1 Å². The molecule has 4 heteroatoms. The van der Waals surface area contributed by atoms with Gasteiger partial charge >= 0.3 is 0 Å². The Morgan fingerprint density at radius 1 is 1.13 bits per heavy atom. The molecule has 0 unspecified atom stereocenters. The number of benzene rings is 2. The van der Waals surface area contributed by atoms with Crippen LogP contribution in [0.25, 0.3) is 0 Å². The first-order valence-corrected chi connectivity index (χ1v) is 8.80. The van der Waals surface area contributed by atoms with Crippen molar-refractivity contribution >= 4 is 17.7 Å². The second-order valence-electron chi connectivity index (χ2n) is 5.75. The van der Waals surface area contributed by atoms with Gasteiger partial charge in [0.1, 0.15) is 5.82 Å². The molecule has 2 aromatic rings. The van der Waals surface area contributed by atoms with Crippen molar-refractivity contribution in [3.63, 3.8) is 0 Å². The molecule has 1 atom stereocenters. The van der Waals surface area contributed by atoms with Gasteiger partial charge in [0.2, 0.25) is 5.91 Å². The highest BCUT2D eigenvalue weighted by atomic mass is 32.2. The number of amides is 1. The smallest absolute Gasteiger partial charge is 0.230 e. The molecule has 0 saturated carbocycles. The molecule has 1 N–H and O–H groups in total. The molecule has 2 rings (SSSR count). The number of rotatable bonds is 6. The van der Waals surface area contributed by atoms with Gasteiger partial charge in [0.15, 0.2) is 0 Å². The van der Waals surface area contributed by atoms with Gasteiger partial charge in [0, 0.05) is 5.75 Å². The third-order valence-corrected chi connectivity index (χ3v) is 4.83. The molecule has 0 heterocycles. The summed E-state index contributed by atoms with van der Waals surface area (Å²) in [4.78, 5) is 12.0. The summed E-state index contributed by atoms with van der Waals surface area (Å²) >= 11 is 1.53. The quantitative estimate of drug-likeness (QED) is 0.841. The van der Waals surface area contributed by atoms with Crippen LogP contribution in [0, 0.1) is 19.7 Å². The van der Waals surface area contributed by atoms with E-state index < -0.39 is 0 Å². The van der Waals surface area contributed by atoms with E-state index in [9.17, 15) is 9.18 Å². The van der Waals surface area contributed by atoms with Crippen LogP contribution >= 0.6 is 11.8 Å². The van der Waals surface area contributed by atoms with Crippen molar-refractivity contribution in [3.8, 4) is 0 Å². The fourth-order valence-electron chi connectivity index (χ4n) is 2.24. The van der Waals surface area contributed by atoms with Gasteiger partial charge in [-0.25, -0.2) is 4.39 Å². The van der Waals surface area contributed by atoms with Crippen LogP contribution in [0.1, 0.15) is 35.2 Å². The van der Waals surface area contributed by atoms with Gasteiger partial charge in [-0.15, -0.1) is 11.8 Å². The molecule has 23 heavy (non-hydrogen) atoms. The van der Waals surface area contributed by atoms with Gasteiger partial charge in [-0.2, -0.15) is 0 Å². The molecule has 122 valence electrons. The molecular weight excluding hydrogens is 309 g/mol. The number of aryl methyl sites for hydroxylation is 2. The number of halogens is 1. The summed E-state index contributed by atoms with van der Waals surface area (Å²) in [6.07, 6.45) is 0. The Morgan fingerprint density at radius 3 is 2.48 bits per heavy atom. The molecule has 0 aromatic heterocycles. The molecule has 0 spiro atoms. The first kappa shape index (κ1) is 17.5. The Balaban J connectivity index is 1.79. The van der Waals surface area contributed by atoms with Gasteiger partial charge in [0.05, 0.1) is 11.8 Å². The Labute approximate surface area is 141 Å². The fourth-order valence-corrected chi connectivity index (χ4v) is 3.04. The highest BCUT2D eigenvalue weighted by molar-refractivity contribution is 7.99. The van der Waals surface area contributed by atoms with E-state index in [0.29, 0.717) is 11.5 Å². The predicted octanol–water partition coefficient (Wildman–Crippen LogP) is 4.55. The molecule has 0 aliphatic heterocycles. The van der Waals surface area contributed by atoms with Crippen molar-refractivity contribution in [3.05, 3.63) is 70.5 Å². The minimum atomic E-state index is -0.237. The maximum Gasteiger partial charge on any atom is 0.230 e. The van der Waals surface area contributed by atoms with Crippen molar-refractivity contribution in [2.45, 2.75) is 32.6 Å². The van der Waals surface area contributed by atoms with Crippen LogP contribution in [0.4, 0.5) is 4.39 Å². The van der Waals surface area contributed by atoms with Crippen LogP contribution in [0.15, 0.2) is 42.5 Å². The van der Waals surface area contributed by atoms with Crippen LogP contribution in [-0.2, 0) is 10.5 Å². The van der Waals surface area contributed by atoms with Crippen LogP contribution in [0.5, 0.6) is 0 Å². The first-order chi connectivity index (χ1) is 11.0. The van der Waals surface area contributed by atoms with Crippen LogP contribution in [0.2, 0.25) is 0 Å². The summed E-state index contributed by atoms with van der Waals surface area (Å²) in [6, 6.07) is 12.6. The summed E-state index contributed by atoms with van der Waals surface area (Å²) < 4.78 is 12.8. The number of carbonyl (C=O) groups is 1. The van der Waals surface area contributed by atoms with Crippen LogP contribution < -0.4 is 5.32 Å². The second kappa shape index (κ2) is 8.16. The highest BCUT2D eigenvalue weighted by Crippen LogP contribution is 2.17. The third kappa shape index (κ3) is 5.39. The van der Waals surface area contributed by atoms with E-state index in [0.717, 1.165) is 11.1 Å². The standard InChI is InChI=1S/C19H22FNOS/c1-13-4-7-17(10-14(13)2)15(3)21-19(22)12-23-11-16-5-8-18(20)9-6-16/h4-10,15H,11-12H2,1-3H3,(H,21,22)/t15-/m1/s1. The van der Waals surface area contributed by atoms with Gasteiger partial charge < -0.3 is 5.32 Å². The van der Waals surface area contributed by atoms with Gasteiger partial charge in [-0.3, -0.25) is 4.79 Å². The van der Waals surface area contributed by atoms with E-state index in [1.807, 2.05) is 6.92 Å². The lowest BCUT2D eigenvalue weighted by molar-refractivity contribution is -0.119. The summed E-state index contributed by atoms with van der Waals surface area (Å²) in [6.45, 7) is 6.15. The van der Waals surface area contributed by atoms with Crippen molar-refractivity contribution in [1.29, 1.82) is 0 Å². The second-order valence-corrected chi connectivity index (χ2v) is 6.74. The molecule has 0 aliphatic carbocycles. The first-order valence-electron chi connectivity index (χ1n) is 7.64. The summed E-state index contributed by atoms with van der Waals surface area (Å²) in [5, 5.41) is 3.02. The van der Waals surface area contributed by atoms with E-state index in [1.165, 1.54) is 35.0 Å². The van der Waals surface area contributed by atoms with Crippen molar-refractivity contribution < 1.29 is 9.18 Å². The number of carbonyl (C=O) groups excluding carboxylic acids is 1. The Morgan fingerprint density at radius 2 is 1.83 bits per heavy atom. The van der Waals surface area contributed by atoms with Crippen molar-refractivity contribution in [2.75, 3.05) is 5.75 Å². The van der Waals surface area contributed by atoms with Crippen LogP contribution in [0.3, 0.4) is 0 Å². The van der Waals surface area contributed by atoms with Gasteiger partial charge in [-0.05, 0) is 55.2 Å². The Bertz CT molecular complexity index is 670. The number of thioether (sulfide) groups is 1. The number of hydrogen-bond donors (Lipinski definition) is 1. The zero-order valence-corrected chi connectivity index (χ0v) is 14.5. The van der Waals surface area contributed by atoms with Crippen molar-refractivity contribution in [2.24, 2.45) is 0 Å². The molecule has 0 saturated heterocycles. The van der Waals surface area contributed by atoms with E-state index in [2.05, 4.69) is 37.4 Å². The Hall–Kier alpha value is -1.81. The minimum absolute atomic E-state index is 0.00628. The SMILES string of the molecule is Cc1ccc([C@@H](C)NC(=O)CSCc2ccc(F)cc2)cc1C. The van der Waals surface area contributed by atoms with E-state index >= 15 is 0 Å². The molecule has 0 aliphatic rings. The lowest BCUT2D eigenvalue weighted by atomic mass is 10.0. The van der Waals surface area contributed by atoms with Crippen LogP contribution in [-0.4, -0.2) is 11.7 Å². The fraction of sp³-hybridized carbons (Fsp3) is 0.316. The zero-order chi connectivity index (χ0) is 16.8. The average Bonchev–Trinajstić information content (AvgIpc) is 2.52.